The van der Waals surface area contributed by atoms with E-state index in [1.807, 2.05) is 0 Å². The predicted molar refractivity (Wildman–Crippen MR) is 27.7 cm³/mol. The molecule has 8 nitrogen and oxygen atoms in total. The highest BCUT2D eigenvalue weighted by Gasteiger charge is 1.50. The zero-order valence-electron chi connectivity index (χ0n) is 4.08. The standard InChI is InChI=1S/CH4.2H2O4S/c;2*1-5(2,3)4/h1H4;2*(H2,1,2,3,4)/p-4. The predicted octanol–water partition coefficient (Wildman–Crippen LogP) is -2.04. The second-order valence-electron chi connectivity index (χ2n) is 0.816. The number of rotatable bonds is 0. The molecule has 11 heavy (non-hydrogen) atoms. The summed E-state index contributed by atoms with van der Waals surface area (Å²) in [6.07, 6.45) is 0. The molecule has 0 aliphatic carbocycles. The molecule has 0 radical (unpaired) electrons. The molecule has 0 amide bonds. The minimum Gasteiger partial charge on any atom is -0.759 e. The lowest BCUT2D eigenvalue weighted by Crippen LogP contribution is -1.91. The highest BCUT2D eigenvalue weighted by atomic mass is 32.3. The van der Waals surface area contributed by atoms with E-state index >= 15 is 0 Å². The monoisotopic (exact) mass is 208 g/mol. The Labute approximate surface area is 64.0 Å². The Morgan fingerprint density at radius 2 is 0.636 bits per heavy atom. The third kappa shape index (κ3) is 8630. The van der Waals surface area contributed by atoms with Gasteiger partial charge in [-0.3, -0.25) is 16.8 Å². The zero-order valence-corrected chi connectivity index (χ0v) is 5.72. The summed E-state index contributed by atoms with van der Waals surface area (Å²) in [5, 5.41) is 0. The van der Waals surface area contributed by atoms with Crippen LogP contribution < -0.4 is 0 Å². The summed E-state index contributed by atoms with van der Waals surface area (Å²) in [5.41, 5.74) is 0. The fourth-order valence-corrected chi connectivity index (χ4v) is 0. The molecule has 0 saturated carbocycles. The molecule has 0 heterocycles. The van der Waals surface area contributed by atoms with Crippen molar-refractivity contribution in [3.63, 3.8) is 0 Å². The molecule has 0 rings (SSSR count). The van der Waals surface area contributed by atoms with Crippen molar-refractivity contribution in [3.8, 4) is 0 Å². The normalized spacial score (nSPS) is 10.5. The van der Waals surface area contributed by atoms with Crippen LogP contribution in [0.25, 0.3) is 0 Å². The van der Waals surface area contributed by atoms with Gasteiger partial charge in [-0.15, -0.1) is 0 Å². The maximum Gasteiger partial charge on any atom is 0.0311 e. The quantitative estimate of drug-likeness (QED) is 0.324. The van der Waals surface area contributed by atoms with Gasteiger partial charge >= 0.3 is 0 Å². The van der Waals surface area contributed by atoms with E-state index in [0.717, 1.165) is 0 Å². The van der Waals surface area contributed by atoms with Crippen molar-refractivity contribution < 1.29 is 35.0 Å². The van der Waals surface area contributed by atoms with Crippen LogP contribution in [0.15, 0.2) is 0 Å². The van der Waals surface area contributed by atoms with Crippen LogP contribution in [0.4, 0.5) is 0 Å². The highest BCUT2D eigenvalue weighted by molar-refractivity contribution is 7.79. The fourth-order valence-electron chi connectivity index (χ4n) is 0. The van der Waals surface area contributed by atoms with E-state index in [0.29, 0.717) is 0 Å². The Morgan fingerprint density at radius 1 is 0.636 bits per heavy atom. The Bertz CT molecular complexity index is 208. The van der Waals surface area contributed by atoms with E-state index in [4.69, 9.17) is 35.0 Å². The Kier molecular flexibility index (Phi) is 8.35. The first-order chi connectivity index (χ1) is 4.00. The third-order valence-electron chi connectivity index (χ3n) is 0. The van der Waals surface area contributed by atoms with Gasteiger partial charge in [0.15, 0.2) is 0 Å². The van der Waals surface area contributed by atoms with Gasteiger partial charge < -0.3 is 18.2 Å². The lowest BCUT2D eigenvalue weighted by Gasteiger charge is -2.06. The third-order valence-corrected chi connectivity index (χ3v) is 0. The van der Waals surface area contributed by atoms with Gasteiger partial charge in [0.25, 0.3) is 0 Å². The minimum absolute atomic E-state index is 0. The number of hydrogen-bond donors (Lipinski definition) is 0. The maximum atomic E-state index is 8.52. The molecule has 0 aromatic rings. The topological polar surface area (TPSA) is 161 Å². The van der Waals surface area contributed by atoms with Crippen LogP contribution >= 0.6 is 0 Å². The molecule has 0 unspecified atom stereocenters. The molecule has 0 atom stereocenters. The van der Waals surface area contributed by atoms with Crippen LogP contribution in [0, 0.1) is 0 Å². The van der Waals surface area contributed by atoms with Crippen molar-refractivity contribution in [1.29, 1.82) is 0 Å². The van der Waals surface area contributed by atoms with E-state index in [-0.39, 0.29) is 7.43 Å². The summed E-state index contributed by atoms with van der Waals surface area (Å²) in [4.78, 5) is 0. The molecule has 10 heteroatoms. The molecule has 0 fully saturated rings. The van der Waals surface area contributed by atoms with Crippen LogP contribution in [-0.4, -0.2) is 35.0 Å². The van der Waals surface area contributed by atoms with Gasteiger partial charge in [-0.2, -0.15) is 0 Å². The average molecular weight is 208 g/mol. The molecule has 0 aromatic heterocycles. The summed E-state index contributed by atoms with van der Waals surface area (Å²) < 4.78 is 68.2. The van der Waals surface area contributed by atoms with Gasteiger partial charge in [0.2, 0.25) is 0 Å². The molecular formula is CH4O8S2-4. The molecule has 72 valence electrons. The second-order valence-corrected chi connectivity index (χ2v) is 2.45. The first-order valence-corrected chi connectivity index (χ1v) is 4.00. The van der Waals surface area contributed by atoms with E-state index < -0.39 is 20.8 Å². The van der Waals surface area contributed by atoms with Gasteiger partial charge in [0, 0.05) is 20.8 Å². The largest absolute Gasteiger partial charge is 0.759 e. The van der Waals surface area contributed by atoms with Crippen molar-refractivity contribution in [3.05, 3.63) is 0 Å². The fraction of sp³-hybridized carbons (Fsp3) is 1.00. The first-order valence-electron chi connectivity index (χ1n) is 1.33. The zero-order chi connectivity index (χ0) is 9.00. The van der Waals surface area contributed by atoms with Crippen molar-refractivity contribution in [1.82, 2.24) is 0 Å². The SMILES string of the molecule is C.O=S(=O)([O-])[O-].O=S(=O)([O-])[O-]. The molecular weight excluding hydrogens is 204 g/mol. The lowest BCUT2D eigenvalue weighted by atomic mass is 12.0. The summed E-state index contributed by atoms with van der Waals surface area (Å²) in [7, 11) is -10.3. The first kappa shape index (κ1) is 17.0. The Morgan fingerprint density at radius 3 is 0.636 bits per heavy atom. The molecule has 0 aromatic carbocycles. The van der Waals surface area contributed by atoms with Crippen LogP contribution in [-0.2, 0) is 20.8 Å². The minimum atomic E-state index is -5.17. The van der Waals surface area contributed by atoms with Crippen LogP contribution in [0.1, 0.15) is 7.43 Å². The van der Waals surface area contributed by atoms with Crippen LogP contribution in [0.2, 0.25) is 0 Å². The van der Waals surface area contributed by atoms with Gasteiger partial charge in [-0.25, -0.2) is 0 Å². The van der Waals surface area contributed by atoms with Crippen molar-refractivity contribution in [2.45, 2.75) is 7.43 Å². The summed E-state index contributed by atoms with van der Waals surface area (Å²) in [5.74, 6) is 0. The molecule has 0 aliphatic heterocycles. The van der Waals surface area contributed by atoms with Crippen LogP contribution in [0.5, 0.6) is 0 Å². The van der Waals surface area contributed by atoms with Gasteiger partial charge in [-0.05, 0) is 0 Å². The lowest BCUT2D eigenvalue weighted by molar-refractivity contribution is 0.350. The summed E-state index contributed by atoms with van der Waals surface area (Å²) in [6, 6.07) is 0. The Hall–Kier alpha value is -0.260. The van der Waals surface area contributed by atoms with Gasteiger partial charge in [-0.1, -0.05) is 7.43 Å². The molecule has 0 bridgehead atoms. The Balaban J connectivity index is -0.000000107. The van der Waals surface area contributed by atoms with Crippen molar-refractivity contribution in [2.24, 2.45) is 0 Å². The maximum absolute atomic E-state index is 8.52. The second kappa shape index (κ2) is 5.40. The summed E-state index contributed by atoms with van der Waals surface area (Å²) in [6.45, 7) is 0. The van der Waals surface area contributed by atoms with Crippen molar-refractivity contribution in [2.75, 3.05) is 0 Å². The summed E-state index contributed by atoms with van der Waals surface area (Å²) >= 11 is 0. The van der Waals surface area contributed by atoms with E-state index in [2.05, 4.69) is 0 Å². The molecule has 0 spiro atoms. The average Bonchev–Trinajstić information content (AvgIpc) is 1.12. The highest BCUT2D eigenvalue weighted by Crippen LogP contribution is 1.58. The van der Waals surface area contributed by atoms with Gasteiger partial charge in [0.1, 0.15) is 0 Å². The van der Waals surface area contributed by atoms with E-state index in [1.165, 1.54) is 0 Å². The molecule has 0 N–H and O–H groups in total. The number of hydrogen-bond acceptors (Lipinski definition) is 8. The van der Waals surface area contributed by atoms with Crippen LogP contribution in [0.3, 0.4) is 0 Å². The smallest absolute Gasteiger partial charge is 0.0311 e. The molecule has 0 aliphatic rings. The van der Waals surface area contributed by atoms with Crippen molar-refractivity contribution >= 4 is 20.8 Å². The van der Waals surface area contributed by atoms with Gasteiger partial charge in [0.05, 0.1) is 0 Å². The van der Waals surface area contributed by atoms with E-state index in [9.17, 15) is 0 Å². The molecule has 0 saturated heterocycles. The van der Waals surface area contributed by atoms with E-state index in [1.54, 1.807) is 0 Å².